The van der Waals surface area contributed by atoms with Crippen molar-refractivity contribution < 1.29 is 19.0 Å². The quantitative estimate of drug-likeness (QED) is 0.809. The molecule has 0 radical (unpaired) electrons. The molecular formula is C11H14FNO3. The second kappa shape index (κ2) is 4.67. The maximum absolute atomic E-state index is 13.1. The van der Waals surface area contributed by atoms with Crippen LogP contribution in [-0.2, 0) is 4.74 Å². The number of ether oxygens (including phenoxy) is 2. The first-order chi connectivity index (χ1) is 7.70. The summed E-state index contributed by atoms with van der Waals surface area (Å²) in [5.41, 5.74) is 0.702. The molecule has 1 aromatic rings. The van der Waals surface area contributed by atoms with Crippen LogP contribution in [0, 0.1) is 5.82 Å². The van der Waals surface area contributed by atoms with Crippen LogP contribution in [0.1, 0.15) is 0 Å². The van der Waals surface area contributed by atoms with E-state index in [1.807, 2.05) is 0 Å². The number of aliphatic hydroxyl groups is 1. The summed E-state index contributed by atoms with van der Waals surface area (Å²) in [6.07, 6.45) is -0.531. The number of aliphatic hydroxyl groups excluding tert-OH is 1. The molecule has 1 heterocycles. The van der Waals surface area contributed by atoms with Gasteiger partial charge in [0.05, 0.1) is 32.5 Å². The molecule has 5 heteroatoms. The molecule has 0 saturated carbocycles. The Balaban J connectivity index is 2.09. The zero-order chi connectivity index (χ0) is 11.5. The van der Waals surface area contributed by atoms with Crippen molar-refractivity contribution in [1.29, 1.82) is 0 Å². The summed E-state index contributed by atoms with van der Waals surface area (Å²) in [6, 6.07) is 4.32. The number of rotatable bonds is 3. The maximum Gasteiger partial charge on any atom is 0.165 e. The summed E-state index contributed by atoms with van der Waals surface area (Å²) < 4.78 is 23.1. The second-order valence-corrected chi connectivity index (χ2v) is 3.70. The zero-order valence-corrected chi connectivity index (χ0v) is 8.94. The largest absolute Gasteiger partial charge is 0.494 e. The predicted octanol–water partition coefficient (Wildman–Crippen LogP) is 1.01. The Kier molecular flexibility index (Phi) is 3.26. The van der Waals surface area contributed by atoms with Gasteiger partial charge in [0, 0.05) is 11.8 Å². The SMILES string of the molecule is COc1cc(NC2COCC2O)ccc1F. The van der Waals surface area contributed by atoms with Crippen LogP contribution < -0.4 is 10.1 Å². The number of hydrogen-bond acceptors (Lipinski definition) is 4. The predicted molar refractivity (Wildman–Crippen MR) is 57.2 cm³/mol. The topological polar surface area (TPSA) is 50.7 Å². The van der Waals surface area contributed by atoms with Gasteiger partial charge >= 0.3 is 0 Å². The van der Waals surface area contributed by atoms with E-state index in [0.717, 1.165) is 0 Å². The van der Waals surface area contributed by atoms with Crippen LogP contribution in [0.3, 0.4) is 0 Å². The molecular weight excluding hydrogens is 213 g/mol. The van der Waals surface area contributed by atoms with Crippen LogP contribution in [0.5, 0.6) is 5.75 Å². The fourth-order valence-electron chi connectivity index (χ4n) is 1.64. The van der Waals surface area contributed by atoms with Gasteiger partial charge in [0.1, 0.15) is 0 Å². The van der Waals surface area contributed by atoms with E-state index < -0.39 is 11.9 Å². The number of anilines is 1. The third-order valence-corrected chi connectivity index (χ3v) is 2.55. The Morgan fingerprint density at radius 1 is 1.50 bits per heavy atom. The Hall–Kier alpha value is -1.33. The normalized spacial score (nSPS) is 24.4. The summed E-state index contributed by atoms with van der Waals surface area (Å²) in [4.78, 5) is 0. The molecule has 88 valence electrons. The number of methoxy groups -OCH3 is 1. The lowest BCUT2D eigenvalue weighted by atomic mass is 10.2. The molecule has 2 rings (SSSR count). The van der Waals surface area contributed by atoms with Gasteiger partial charge in [0.25, 0.3) is 0 Å². The molecule has 16 heavy (non-hydrogen) atoms. The molecule has 4 nitrogen and oxygen atoms in total. The molecule has 1 aliphatic rings. The van der Waals surface area contributed by atoms with Gasteiger partial charge in [-0.3, -0.25) is 0 Å². The van der Waals surface area contributed by atoms with Crippen LogP contribution in [0.15, 0.2) is 18.2 Å². The molecule has 0 bridgehead atoms. The lowest BCUT2D eigenvalue weighted by molar-refractivity contribution is 0.125. The van der Waals surface area contributed by atoms with Gasteiger partial charge in [-0.1, -0.05) is 0 Å². The summed E-state index contributed by atoms with van der Waals surface area (Å²) >= 11 is 0. The van der Waals surface area contributed by atoms with Crippen LogP contribution in [0.25, 0.3) is 0 Å². The molecule has 2 N–H and O–H groups in total. The number of hydrogen-bond donors (Lipinski definition) is 2. The maximum atomic E-state index is 13.1. The summed E-state index contributed by atoms with van der Waals surface area (Å²) in [6.45, 7) is 0.775. The van der Waals surface area contributed by atoms with E-state index >= 15 is 0 Å². The second-order valence-electron chi connectivity index (χ2n) is 3.70. The zero-order valence-electron chi connectivity index (χ0n) is 8.94. The van der Waals surface area contributed by atoms with E-state index in [2.05, 4.69) is 5.32 Å². The van der Waals surface area contributed by atoms with E-state index in [1.54, 1.807) is 12.1 Å². The highest BCUT2D eigenvalue weighted by Crippen LogP contribution is 2.23. The minimum atomic E-state index is -0.531. The average Bonchev–Trinajstić information content (AvgIpc) is 2.67. The van der Waals surface area contributed by atoms with Gasteiger partial charge in [-0.2, -0.15) is 0 Å². The smallest absolute Gasteiger partial charge is 0.165 e. The molecule has 0 aromatic heterocycles. The van der Waals surface area contributed by atoms with Crippen molar-refractivity contribution in [1.82, 2.24) is 0 Å². The van der Waals surface area contributed by atoms with E-state index in [4.69, 9.17) is 9.47 Å². The standard InChI is InChI=1S/C11H14FNO3/c1-15-11-4-7(2-3-8(11)12)13-9-5-16-6-10(9)14/h2-4,9-10,13-14H,5-6H2,1H3. The number of halogens is 1. The van der Waals surface area contributed by atoms with Crippen LogP contribution >= 0.6 is 0 Å². The Morgan fingerprint density at radius 3 is 2.94 bits per heavy atom. The molecule has 1 saturated heterocycles. The van der Waals surface area contributed by atoms with Crippen molar-refractivity contribution in [3.05, 3.63) is 24.0 Å². The van der Waals surface area contributed by atoms with Crippen LogP contribution in [0.4, 0.5) is 10.1 Å². The minimum Gasteiger partial charge on any atom is -0.494 e. The van der Waals surface area contributed by atoms with Gasteiger partial charge < -0.3 is 19.9 Å². The number of nitrogens with one attached hydrogen (secondary N) is 1. The minimum absolute atomic E-state index is 0.157. The first-order valence-corrected chi connectivity index (χ1v) is 5.06. The lowest BCUT2D eigenvalue weighted by Crippen LogP contribution is -2.31. The fourth-order valence-corrected chi connectivity index (χ4v) is 1.64. The summed E-state index contributed by atoms with van der Waals surface area (Å²) in [5.74, 6) is -0.227. The monoisotopic (exact) mass is 227 g/mol. The molecule has 1 aliphatic heterocycles. The highest BCUT2D eigenvalue weighted by Gasteiger charge is 2.25. The van der Waals surface area contributed by atoms with Crippen molar-refractivity contribution in [3.63, 3.8) is 0 Å². The lowest BCUT2D eigenvalue weighted by Gasteiger charge is -2.16. The van der Waals surface area contributed by atoms with E-state index in [9.17, 15) is 9.50 Å². The molecule has 0 aliphatic carbocycles. The van der Waals surface area contributed by atoms with Crippen molar-refractivity contribution in [2.24, 2.45) is 0 Å². The van der Waals surface area contributed by atoms with Crippen LogP contribution in [0.2, 0.25) is 0 Å². The number of benzene rings is 1. The molecule has 0 amide bonds. The highest BCUT2D eigenvalue weighted by atomic mass is 19.1. The average molecular weight is 227 g/mol. The molecule has 0 spiro atoms. The summed E-state index contributed by atoms with van der Waals surface area (Å²) in [7, 11) is 1.41. The van der Waals surface area contributed by atoms with Gasteiger partial charge in [-0.15, -0.1) is 0 Å². The molecule has 2 atom stereocenters. The van der Waals surface area contributed by atoms with Gasteiger partial charge in [-0.05, 0) is 12.1 Å². The van der Waals surface area contributed by atoms with Crippen molar-refractivity contribution >= 4 is 5.69 Å². The summed E-state index contributed by atoms with van der Waals surface area (Å²) in [5, 5.41) is 12.6. The van der Waals surface area contributed by atoms with Gasteiger partial charge in [0.15, 0.2) is 11.6 Å². The molecule has 1 aromatic carbocycles. The van der Waals surface area contributed by atoms with Gasteiger partial charge in [-0.25, -0.2) is 4.39 Å². The third kappa shape index (κ3) is 2.25. The van der Waals surface area contributed by atoms with E-state index in [-0.39, 0.29) is 11.8 Å². The third-order valence-electron chi connectivity index (χ3n) is 2.55. The van der Waals surface area contributed by atoms with Crippen molar-refractivity contribution in [2.75, 3.05) is 25.6 Å². The van der Waals surface area contributed by atoms with Crippen molar-refractivity contribution in [3.8, 4) is 5.75 Å². The fraction of sp³-hybridized carbons (Fsp3) is 0.455. The Bertz CT molecular complexity index is 372. The van der Waals surface area contributed by atoms with E-state index in [0.29, 0.717) is 18.9 Å². The molecule has 1 fully saturated rings. The van der Waals surface area contributed by atoms with E-state index in [1.165, 1.54) is 13.2 Å². The van der Waals surface area contributed by atoms with Crippen LogP contribution in [-0.4, -0.2) is 37.6 Å². The van der Waals surface area contributed by atoms with Gasteiger partial charge in [0.2, 0.25) is 0 Å². The first kappa shape index (κ1) is 11.2. The van der Waals surface area contributed by atoms with Crippen molar-refractivity contribution in [2.45, 2.75) is 12.1 Å². The Morgan fingerprint density at radius 2 is 2.31 bits per heavy atom. The Labute approximate surface area is 93.0 Å². The first-order valence-electron chi connectivity index (χ1n) is 5.06. The molecule has 2 unspecified atom stereocenters. The highest BCUT2D eigenvalue weighted by molar-refractivity contribution is 5.49.